The molecule has 1 aliphatic carbocycles. The molecule has 4 nitrogen and oxygen atoms in total. The maximum absolute atomic E-state index is 10.6. The van der Waals surface area contributed by atoms with Crippen molar-refractivity contribution in [1.82, 2.24) is 14.5 Å². The van der Waals surface area contributed by atoms with Crippen molar-refractivity contribution in [3.05, 3.63) is 53.1 Å². The first-order valence-electron chi connectivity index (χ1n) is 9.73. The van der Waals surface area contributed by atoms with Gasteiger partial charge in [-0.25, -0.2) is 4.98 Å². The molecule has 0 spiro atoms. The van der Waals surface area contributed by atoms with Crippen molar-refractivity contribution in [2.75, 3.05) is 13.1 Å². The maximum atomic E-state index is 10.6. The summed E-state index contributed by atoms with van der Waals surface area (Å²) in [5.74, 6) is 1.22. The molecule has 1 fully saturated rings. The first kappa shape index (κ1) is 16.8. The van der Waals surface area contributed by atoms with Gasteiger partial charge >= 0.3 is 0 Å². The van der Waals surface area contributed by atoms with Crippen LogP contribution in [0.15, 0.2) is 30.3 Å². The summed E-state index contributed by atoms with van der Waals surface area (Å²) in [5.41, 5.74) is 3.97. The average Bonchev–Trinajstić information content (AvgIpc) is 3.20. The fraction of sp³-hybridized carbons (Fsp3) is 0.571. The smallest absolute Gasteiger partial charge is 0.126 e. The summed E-state index contributed by atoms with van der Waals surface area (Å²) in [4.78, 5) is 7.46. The molecule has 1 aromatic carbocycles. The van der Waals surface area contributed by atoms with Crippen LogP contribution in [0.3, 0.4) is 0 Å². The van der Waals surface area contributed by atoms with Gasteiger partial charge in [-0.05, 0) is 57.1 Å². The van der Waals surface area contributed by atoms with E-state index < -0.39 is 0 Å². The average molecular weight is 339 g/mol. The molecule has 1 aromatic heterocycles. The summed E-state index contributed by atoms with van der Waals surface area (Å²) >= 11 is 0. The first-order valence-corrected chi connectivity index (χ1v) is 9.73. The number of aromatic nitrogens is 2. The predicted molar refractivity (Wildman–Crippen MR) is 99.6 cm³/mol. The quantitative estimate of drug-likeness (QED) is 0.910. The van der Waals surface area contributed by atoms with Crippen LogP contribution >= 0.6 is 0 Å². The lowest BCUT2D eigenvalue weighted by molar-refractivity contribution is 0.103. The Labute approximate surface area is 150 Å². The summed E-state index contributed by atoms with van der Waals surface area (Å²) in [6, 6.07) is 10.7. The van der Waals surface area contributed by atoms with Gasteiger partial charge in [0, 0.05) is 19.3 Å². The number of aryl methyl sites for hydroxylation is 1. The van der Waals surface area contributed by atoms with Crippen molar-refractivity contribution < 1.29 is 5.11 Å². The van der Waals surface area contributed by atoms with E-state index in [1.54, 1.807) is 0 Å². The van der Waals surface area contributed by atoms with E-state index in [0.29, 0.717) is 6.04 Å². The van der Waals surface area contributed by atoms with Crippen LogP contribution in [0.2, 0.25) is 0 Å². The van der Waals surface area contributed by atoms with Crippen molar-refractivity contribution in [3.63, 3.8) is 0 Å². The van der Waals surface area contributed by atoms with E-state index >= 15 is 0 Å². The van der Waals surface area contributed by atoms with Gasteiger partial charge in [0.1, 0.15) is 5.82 Å². The summed E-state index contributed by atoms with van der Waals surface area (Å²) in [7, 11) is 2.18. The first-order chi connectivity index (χ1) is 12.2. The second-order valence-electron chi connectivity index (χ2n) is 7.63. The molecule has 2 atom stereocenters. The van der Waals surface area contributed by atoms with Crippen LogP contribution in [0, 0.1) is 0 Å². The Balaban J connectivity index is 1.46. The molecule has 2 heterocycles. The summed E-state index contributed by atoms with van der Waals surface area (Å²) in [6.45, 7) is 1.80. The molecular weight excluding hydrogens is 310 g/mol. The summed E-state index contributed by atoms with van der Waals surface area (Å²) < 4.78 is 2.35. The van der Waals surface area contributed by atoms with Crippen LogP contribution in [-0.2, 0) is 26.3 Å². The van der Waals surface area contributed by atoms with Crippen molar-refractivity contribution >= 4 is 0 Å². The molecule has 2 aliphatic rings. The van der Waals surface area contributed by atoms with Gasteiger partial charge in [-0.3, -0.25) is 4.90 Å². The Morgan fingerprint density at radius 1 is 1.16 bits per heavy atom. The van der Waals surface area contributed by atoms with Gasteiger partial charge in [0.25, 0.3) is 0 Å². The number of β-amino-alcohol motifs (C(OH)–C–C–N with tert-alkyl or cyclic N) is 1. The van der Waals surface area contributed by atoms with Crippen LogP contribution in [0.1, 0.15) is 54.5 Å². The minimum Gasteiger partial charge on any atom is -0.391 e. The largest absolute Gasteiger partial charge is 0.391 e. The van der Waals surface area contributed by atoms with Gasteiger partial charge in [0.2, 0.25) is 0 Å². The lowest BCUT2D eigenvalue weighted by atomic mass is 10.0. The Hall–Kier alpha value is -1.65. The number of benzene rings is 1. The Kier molecular flexibility index (Phi) is 4.91. The lowest BCUT2D eigenvalue weighted by Gasteiger charge is -2.26. The van der Waals surface area contributed by atoms with Crippen LogP contribution in [0.5, 0.6) is 0 Å². The summed E-state index contributed by atoms with van der Waals surface area (Å²) in [5, 5.41) is 10.6. The third kappa shape index (κ3) is 3.51. The number of fused-ring (bicyclic) bond motifs is 1. The highest BCUT2D eigenvalue weighted by Crippen LogP contribution is 2.34. The molecule has 0 amide bonds. The number of hydrogen-bond acceptors (Lipinski definition) is 3. The Morgan fingerprint density at radius 3 is 2.76 bits per heavy atom. The van der Waals surface area contributed by atoms with Crippen LogP contribution < -0.4 is 0 Å². The lowest BCUT2D eigenvalue weighted by Crippen LogP contribution is -2.34. The highest BCUT2D eigenvalue weighted by atomic mass is 16.3. The summed E-state index contributed by atoms with van der Waals surface area (Å²) in [6.07, 6.45) is 7.61. The van der Waals surface area contributed by atoms with Crippen LogP contribution in [0.25, 0.3) is 0 Å². The predicted octanol–water partition coefficient (Wildman–Crippen LogP) is 3.04. The molecule has 1 saturated heterocycles. The zero-order chi connectivity index (χ0) is 17.2. The van der Waals surface area contributed by atoms with Crippen molar-refractivity contribution in [1.29, 1.82) is 0 Å². The second kappa shape index (κ2) is 7.30. The molecule has 134 valence electrons. The molecule has 0 radical (unpaired) electrons. The van der Waals surface area contributed by atoms with Crippen molar-refractivity contribution in [2.45, 2.75) is 57.1 Å². The second-order valence-corrected chi connectivity index (χ2v) is 7.63. The monoisotopic (exact) mass is 339 g/mol. The molecular formula is C21H29N3O. The van der Waals surface area contributed by atoms with Gasteiger partial charge in [-0.15, -0.1) is 0 Å². The number of rotatable bonds is 5. The van der Waals surface area contributed by atoms with Crippen LogP contribution in [-0.4, -0.2) is 38.8 Å². The number of imidazole rings is 1. The van der Waals surface area contributed by atoms with E-state index in [-0.39, 0.29) is 6.10 Å². The molecule has 0 saturated carbocycles. The van der Waals surface area contributed by atoms with E-state index in [4.69, 9.17) is 4.98 Å². The third-order valence-corrected chi connectivity index (χ3v) is 5.83. The van der Waals surface area contributed by atoms with E-state index in [9.17, 15) is 5.11 Å². The molecule has 1 aliphatic heterocycles. The normalized spacial score (nSPS) is 22.1. The number of nitrogens with zero attached hydrogens (tertiary/aromatic N) is 3. The topological polar surface area (TPSA) is 41.3 Å². The molecule has 1 N–H and O–H groups in total. The highest BCUT2D eigenvalue weighted by molar-refractivity contribution is 5.22. The standard InChI is InChI=1S/C21H29N3O/c1-23-19-11-6-5-10-18(19)22-21(23)20-12-7-13-24(20)15-17(25)14-16-8-3-2-4-9-16/h2-4,8-9,17,20,25H,5-7,10-15H2,1H3/t17-,20-/m0/s1. The minimum atomic E-state index is -0.321. The van der Waals surface area contributed by atoms with Crippen molar-refractivity contribution in [2.24, 2.45) is 7.05 Å². The van der Waals surface area contributed by atoms with Crippen LogP contribution in [0.4, 0.5) is 0 Å². The third-order valence-electron chi connectivity index (χ3n) is 5.83. The minimum absolute atomic E-state index is 0.321. The molecule has 0 unspecified atom stereocenters. The number of hydrogen-bond donors (Lipinski definition) is 1. The molecule has 0 bridgehead atoms. The molecule has 4 rings (SSSR count). The van der Waals surface area contributed by atoms with E-state index in [2.05, 4.69) is 28.6 Å². The zero-order valence-electron chi connectivity index (χ0n) is 15.2. The van der Waals surface area contributed by atoms with E-state index in [1.807, 2.05) is 18.2 Å². The van der Waals surface area contributed by atoms with Gasteiger partial charge < -0.3 is 9.67 Å². The highest BCUT2D eigenvalue weighted by Gasteiger charge is 2.32. The van der Waals surface area contributed by atoms with Gasteiger partial charge in [-0.2, -0.15) is 0 Å². The van der Waals surface area contributed by atoms with E-state index in [1.165, 1.54) is 48.5 Å². The van der Waals surface area contributed by atoms with Gasteiger partial charge in [0.05, 0.1) is 17.8 Å². The zero-order valence-corrected chi connectivity index (χ0v) is 15.2. The maximum Gasteiger partial charge on any atom is 0.126 e. The SMILES string of the molecule is Cn1c([C@@H]2CCCN2C[C@@H](O)Cc2ccccc2)nc2c1CCCC2. The fourth-order valence-corrected chi connectivity index (χ4v) is 4.56. The van der Waals surface area contributed by atoms with Crippen molar-refractivity contribution in [3.8, 4) is 0 Å². The van der Waals surface area contributed by atoms with E-state index in [0.717, 1.165) is 32.4 Å². The Bertz CT molecular complexity index is 709. The molecule has 4 heteroatoms. The molecule has 2 aromatic rings. The fourth-order valence-electron chi connectivity index (χ4n) is 4.56. The Morgan fingerprint density at radius 2 is 1.96 bits per heavy atom. The number of aliphatic hydroxyl groups is 1. The van der Waals surface area contributed by atoms with Gasteiger partial charge in [0.15, 0.2) is 0 Å². The number of likely N-dealkylation sites (tertiary alicyclic amines) is 1. The van der Waals surface area contributed by atoms with Gasteiger partial charge in [-0.1, -0.05) is 30.3 Å². The molecule has 25 heavy (non-hydrogen) atoms. The number of aliphatic hydroxyl groups excluding tert-OH is 1.